The van der Waals surface area contributed by atoms with Crippen LogP contribution in [-0.2, 0) is 14.8 Å². The molecule has 1 aromatic rings. The predicted octanol–water partition coefficient (Wildman–Crippen LogP) is 0.110. The first-order chi connectivity index (χ1) is 10.5. The first-order valence-electron chi connectivity index (χ1n) is 6.71. The first kappa shape index (κ1) is 16.9. The number of sulfonamides is 1. The molecule has 0 spiro atoms. The Morgan fingerprint density at radius 1 is 1.36 bits per heavy atom. The molecule has 1 saturated heterocycles. The largest absolute Gasteiger partial charge is 0.493 e. The maximum atomic E-state index is 14.0. The quantitative estimate of drug-likeness (QED) is 0.768. The summed E-state index contributed by atoms with van der Waals surface area (Å²) in [7, 11) is -1.32. The van der Waals surface area contributed by atoms with Crippen LogP contribution in [0.15, 0.2) is 17.0 Å². The van der Waals surface area contributed by atoms with Gasteiger partial charge in [0.1, 0.15) is 10.7 Å². The van der Waals surface area contributed by atoms with Crippen LogP contribution in [0.5, 0.6) is 11.5 Å². The van der Waals surface area contributed by atoms with E-state index in [0.717, 1.165) is 18.7 Å². The Balaban J connectivity index is 2.17. The molecule has 1 unspecified atom stereocenters. The van der Waals surface area contributed by atoms with E-state index in [1.165, 1.54) is 14.2 Å². The van der Waals surface area contributed by atoms with E-state index in [2.05, 4.69) is 10.0 Å². The molecule has 0 bridgehead atoms. The minimum atomic E-state index is -4.02. The van der Waals surface area contributed by atoms with Crippen molar-refractivity contribution in [2.45, 2.75) is 11.0 Å². The molecule has 1 fully saturated rings. The fraction of sp³-hybridized carbons (Fsp3) is 0.538. The molecular weight excluding hydrogens is 315 g/mol. The molecule has 9 heteroatoms. The molecule has 22 heavy (non-hydrogen) atoms. The molecular formula is C13H19FN2O5S. The molecule has 0 aromatic heterocycles. The summed E-state index contributed by atoms with van der Waals surface area (Å²) in [4.78, 5) is -0.492. The number of ether oxygens (including phenoxy) is 3. The highest BCUT2D eigenvalue weighted by atomic mass is 32.2. The standard InChI is InChI=1S/C13H19FN2O5S/c1-19-11-5-10(14)13(6-12(11)20-2)22(17,18)16-8-9-7-15-3-4-21-9/h5-6,9,15-16H,3-4,7-8H2,1-2H3. The summed E-state index contributed by atoms with van der Waals surface area (Å²) in [6, 6.07) is 2.07. The Hall–Kier alpha value is -1.42. The molecule has 1 aliphatic heterocycles. The Labute approximate surface area is 128 Å². The summed E-state index contributed by atoms with van der Waals surface area (Å²) < 4.78 is 56.2. The Morgan fingerprint density at radius 2 is 2.05 bits per heavy atom. The third-order valence-electron chi connectivity index (χ3n) is 3.23. The molecule has 0 radical (unpaired) electrons. The smallest absolute Gasteiger partial charge is 0.243 e. The topological polar surface area (TPSA) is 85.9 Å². The summed E-state index contributed by atoms with van der Waals surface area (Å²) in [5.74, 6) is -0.647. The zero-order chi connectivity index (χ0) is 16.2. The Bertz CT molecular complexity index is 617. The number of halogens is 1. The van der Waals surface area contributed by atoms with Gasteiger partial charge in [0, 0.05) is 31.8 Å². The molecule has 0 aliphatic carbocycles. The van der Waals surface area contributed by atoms with Crippen LogP contribution in [0.4, 0.5) is 4.39 Å². The maximum Gasteiger partial charge on any atom is 0.243 e. The van der Waals surface area contributed by atoms with Crippen molar-refractivity contribution in [3.63, 3.8) is 0 Å². The van der Waals surface area contributed by atoms with E-state index in [-0.39, 0.29) is 24.1 Å². The zero-order valence-electron chi connectivity index (χ0n) is 12.4. The van der Waals surface area contributed by atoms with Gasteiger partial charge in [0.2, 0.25) is 10.0 Å². The summed E-state index contributed by atoms with van der Waals surface area (Å²) in [5.41, 5.74) is 0. The van der Waals surface area contributed by atoms with Crippen LogP contribution in [0.1, 0.15) is 0 Å². The molecule has 1 atom stereocenters. The van der Waals surface area contributed by atoms with Gasteiger partial charge in [-0.15, -0.1) is 0 Å². The van der Waals surface area contributed by atoms with E-state index in [4.69, 9.17) is 14.2 Å². The lowest BCUT2D eigenvalue weighted by atomic mass is 10.3. The van der Waals surface area contributed by atoms with Gasteiger partial charge >= 0.3 is 0 Å². The molecule has 7 nitrogen and oxygen atoms in total. The van der Waals surface area contributed by atoms with Gasteiger partial charge in [-0.1, -0.05) is 0 Å². The second kappa shape index (κ2) is 7.23. The zero-order valence-corrected chi connectivity index (χ0v) is 13.2. The Morgan fingerprint density at radius 3 is 2.64 bits per heavy atom. The molecule has 124 valence electrons. The van der Waals surface area contributed by atoms with E-state index in [9.17, 15) is 12.8 Å². The maximum absolute atomic E-state index is 14.0. The number of morpholine rings is 1. The highest BCUT2D eigenvalue weighted by Gasteiger charge is 2.24. The SMILES string of the molecule is COc1cc(F)c(S(=O)(=O)NCC2CNCCO2)cc1OC. The summed E-state index contributed by atoms with van der Waals surface area (Å²) in [5, 5.41) is 3.09. The summed E-state index contributed by atoms with van der Waals surface area (Å²) >= 11 is 0. The number of methoxy groups -OCH3 is 2. The minimum absolute atomic E-state index is 0.0586. The van der Waals surface area contributed by atoms with E-state index < -0.39 is 20.7 Å². The van der Waals surface area contributed by atoms with Crippen LogP contribution < -0.4 is 19.5 Å². The molecule has 1 aliphatic rings. The second-order valence-corrected chi connectivity index (χ2v) is 6.42. The normalized spacial score (nSPS) is 19.0. The molecule has 1 aromatic carbocycles. The fourth-order valence-corrected chi connectivity index (χ4v) is 3.21. The summed E-state index contributed by atoms with van der Waals surface area (Å²) in [6.07, 6.45) is -0.285. The molecule has 1 heterocycles. The number of hydrogen-bond donors (Lipinski definition) is 2. The first-order valence-corrected chi connectivity index (χ1v) is 8.19. The number of nitrogens with one attached hydrogen (secondary N) is 2. The molecule has 0 amide bonds. The third-order valence-corrected chi connectivity index (χ3v) is 4.67. The molecule has 2 N–H and O–H groups in total. The van der Waals surface area contributed by atoms with Crippen LogP contribution in [-0.4, -0.2) is 55.0 Å². The highest BCUT2D eigenvalue weighted by Crippen LogP contribution is 2.31. The van der Waals surface area contributed by atoms with Gasteiger partial charge in [-0.05, 0) is 0 Å². The van der Waals surface area contributed by atoms with Gasteiger partial charge in [-0.3, -0.25) is 0 Å². The number of rotatable bonds is 6. The average Bonchev–Trinajstić information content (AvgIpc) is 2.53. The van der Waals surface area contributed by atoms with Crippen LogP contribution >= 0.6 is 0 Å². The van der Waals surface area contributed by atoms with Crippen LogP contribution in [0.2, 0.25) is 0 Å². The summed E-state index contributed by atoms with van der Waals surface area (Å²) in [6.45, 7) is 1.84. The lowest BCUT2D eigenvalue weighted by Crippen LogP contribution is -2.45. The molecule has 0 saturated carbocycles. The van der Waals surface area contributed by atoms with Gasteiger partial charge in [0.05, 0.1) is 26.9 Å². The van der Waals surface area contributed by atoms with Crippen LogP contribution in [0.3, 0.4) is 0 Å². The predicted molar refractivity (Wildman–Crippen MR) is 77.3 cm³/mol. The van der Waals surface area contributed by atoms with Crippen LogP contribution in [0.25, 0.3) is 0 Å². The van der Waals surface area contributed by atoms with Crippen molar-refractivity contribution in [2.75, 3.05) is 40.5 Å². The van der Waals surface area contributed by atoms with E-state index in [1.807, 2.05) is 0 Å². The van der Waals surface area contributed by atoms with E-state index in [1.54, 1.807) is 0 Å². The lowest BCUT2D eigenvalue weighted by molar-refractivity contribution is 0.0324. The van der Waals surface area contributed by atoms with Gasteiger partial charge in [-0.25, -0.2) is 17.5 Å². The highest BCUT2D eigenvalue weighted by molar-refractivity contribution is 7.89. The van der Waals surface area contributed by atoms with Gasteiger partial charge in [0.25, 0.3) is 0 Å². The minimum Gasteiger partial charge on any atom is -0.493 e. The van der Waals surface area contributed by atoms with Gasteiger partial charge in [0.15, 0.2) is 11.5 Å². The van der Waals surface area contributed by atoms with Crippen molar-refractivity contribution in [2.24, 2.45) is 0 Å². The van der Waals surface area contributed by atoms with Crippen molar-refractivity contribution in [3.05, 3.63) is 17.9 Å². The van der Waals surface area contributed by atoms with Crippen molar-refractivity contribution >= 4 is 10.0 Å². The van der Waals surface area contributed by atoms with Gasteiger partial charge in [-0.2, -0.15) is 0 Å². The van der Waals surface area contributed by atoms with E-state index in [0.29, 0.717) is 13.2 Å². The van der Waals surface area contributed by atoms with Crippen molar-refractivity contribution < 1.29 is 27.0 Å². The van der Waals surface area contributed by atoms with Crippen molar-refractivity contribution in [3.8, 4) is 11.5 Å². The molecule has 2 rings (SSSR count). The van der Waals surface area contributed by atoms with Crippen molar-refractivity contribution in [1.82, 2.24) is 10.0 Å². The van der Waals surface area contributed by atoms with Crippen molar-refractivity contribution in [1.29, 1.82) is 0 Å². The monoisotopic (exact) mass is 334 g/mol. The van der Waals surface area contributed by atoms with Crippen LogP contribution in [0, 0.1) is 5.82 Å². The fourth-order valence-electron chi connectivity index (χ4n) is 2.07. The third kappa shape index (κ3) is 3.86. The van der Waals surface area contributed by atoms with E-state index >= 15 is 0 Å². The second-order valence-electron chi connectivity index (χ2n) is 4.69. The Kier molecular flexibility index (Phi) is 5.57. The number of hydrogen-bond acceptors (Lipinski definition) is 6. The average molecular weight is 334 g/mol. The lowest BCUT2D eigenvalue weighted by Gasteiger charge is -2.23. The van der Waals surface area contributed by atoms with Gasteiger partial charge < -0.3 is 19.5 Å². The number of benzene rings is 1.